The summed E-state index contributed by atoms with van der Waals surface area (Å²) >= 11 is 7.42. The number of nitrogens with zero attached hydrogens (tertiary/aromatic N) is 3. The van der Waals surface area contributed by atoms with Crippen LogP contribution in [0.3, 0.4) is 0 Å². The monoisotopic (exact) mass is 324 g/mol. The molecule has 0 spiro atoms. The Morgan fingerprint density at radius 1 is 1.38 bits per heavy atom. The SMILES string of the molecule is CCCNc1ncc(Cl)c(Sc2ccc([N+](=O)[O-])cc2)n1. The lowest BCUT2D eigenvalue weighted by Gasteiger charge is -2.07. The van der Waals surface area contributed by atoms with E-state index in [1.165, 1.54) is 23.9 Å². The predicted octanol–water partition coefficient (Wildman–Crippen LogP) is 4.01. The van der Waals surface area contributed by atoms with Crippen molar-refractivity contribution in [1.29, 1.82) is 0 Å². The summed E-state index contributed by atoms with van der Waals surface area (Å²) in [7, 11) is 0. The van der Waals surface area contributed by atoms with E-state index >= 15 is 0 Å². The van der Waals surface area contributed by atoms with Gasteiger partial charge in [0, 0.05) is 23.6 Å². The van der Waals surface area contributed by atoms with Crippen LogP contribution in [0.1, 0.15) is 13.3 Å². The summed E-state index contributed by atoms with van der Waals surface area (Å²) in [4.78, 5) is 19.4. The van der Waals surface area contributed by atoms with Crippen LogP contribution in [0.5, 0.6) is 0 Å². The van der Waals surface area contributed by atoms with E-state index < -0.39 is 4.92 Å². The highest BCUT2D eigenvalue weighted by molar-refractivity contribution is 7.99. The van der Waals surface area contributed by atoms with Crippen molar-refractivity contribution >= 4 is 35.0 Å². The van der Waals surface area contributed by atoms with Gasteiger partial charge in [0.15, 0.2) is 0 Å². The fraction of sp³-hybridized carbons (Fsp3) is 0.231. The third-order valence-corrected chi connectivity index (χ3v) is 3.91. The summed E-state index contributed by atoms with van der Waals surface area (Å²) in [5, 5.41) is 14.8. The lowest BCUT2D eigenvalue weighted by molar-refractivity contribution is -0.384. The molecule has 1 N–H and O–H groups in total. The van der Waals surface area contributed by atoms with Gasteiger partial charge in [0.1, 0.15) is 5.03 Å². The second-order valence-corrected chi connectivity index (χ2v) is 5.60. The number of non-ortho nitro benzene ring substituents is 1. The van der Waals surface area contributed by atoms with Gasteiger partial charge in [-0.2, -0.15) is 0 Å². The molecule has 0 amide bonds. The summed E-state index contributed by atoms with van der Waals surface area (Å²) in [6.07, 6.45) is 2.51. The Morgan fingerprint density at radius 3 is 2.71 bits per heavy atom. The molecule has 2 rings (SSSR count). The Balaban J connectivity index is 2.16. The van der Waals surface area contributed by atoms with Crippen molar-refractivity contribution in [2.45, 2.75) is 23.3 Å². The Morgan fingerprint density at radius 2 is 2.10 bits per heavy atom. The summed E-state index contributed by atoms with van der Waals surface area (Å²) in [5.41, 5.74) is 0.0541. The van der Waals surface area contributed by atoms with Crippen molar-refractivity contribution in [3.63, 3.8) is 0 Å². The quantitative estimate of drug-likeness (QED) is 0.491. The Kier molecular flexibility index (Phi) is 5.35. The van der Waals surface area contributed by atoms with Gasteiger partial charge < -0.3 is 5.32 Å². The molecule has 8 heteroatoms. The maximum atomic E-state index is 10.6. The molecule has 0 bridgehead atoms. The molecule has 0 saturated carbocycles. The number of rotatable bonds is 6. The summed E-state index contributed by atoms with van der Waals surface area (Å²) < 4.78 is 0. The molecule has 1 aromatic carbocycles. The predicted molar refractivity (Wildman–Crippen MR) is 83.0 cm³/mol. The van der Waals surface area contributed by atoms with E-state index in [0.717, 1.165) is 17.9 Å². The Hall–Kier alpha value is -1.86. The van der Waals surface area contributed by atoms with Crippen molar-refractivity contribution in [2.75, 3.05) is 11.9 Å². The smallest absolute Gasteiger partial charge is 0.269 e. The number of hydrogen-bond donors (Lipinski definition) is 1. The van der Waals surface area contributed by atoms with Crippen molar-refractivity contribution in [3.8, 4) is 0 Å². The molecule has 0 aliphatic heterocycles. The number of nitro benzene ring substituents is 1. The molecule has 0 atom stereocenters. The molecule has 21 heavy (non-hydrogen) atoms. The van der Waals surface area contributed by atoms with Gasteiger partial charge >= 0.3 is 0 Å². The van der Waals surface area contributed by atoms with Crippen LogP contribution >= 0.6 is 23.4 Å². The first kappa shape index (κ1) is 15.5. The Labute approximate surface area is 131 Å². The van der Waals surface area contributed by atoms with E-state index in [1.807, 2.05) is 0 Å². The standard InChI is InChI=1S/C13H13ClN4O2S/c1-2-7-15-13-16-8-11(14)12(17-13)21-10-5-3-9(4-6-10)18(19)20/h3-6,8H,2,7H2,1H3,(H,15,16,17). The molecule has 110 valence electrons. The first-order chi connectivity index (χ1) is 10.1. The molecule has 0 aliphatic carbocycles. The van der Waals surface area contributed by atoms with E-state index in [1.54, 1.807) is 18.3 Å². The number of nitrogens with one attached hydrogen (secondary N) is 1. The normalized spacial score (nSPS) is 10.4. The minimum Gasteiger partial charge on any atom is -0.354 e. The molecule has 0 unspecified atom stereocenters. The zero-order chi connectivity index (χ0) is 15.2. The molecule has 0 radical (unpaired) electrons. The van der Waals surface area contributed by atoms with E-state index in [4.69, 9.17) is 11.6 Å². The fourth-order valence-electron chi connectivity index (χ4n) is 1.49. The lowest BCUT2D eigenvalue weighted by atomic mass is 10.3. The van der Waals surface area contributed by atoms with Crippen LogP contribution in [-0.4, -0.2) is 21.4 Å². The molecule has 0 aliphatic rings. The fourth-order valence-corrected chi connectivity index (χ4v) is 2.48. The van der Waals surface area contributed by atoms with Crippen molar-refractivity contribution in [3.05, 3.63) is 45.6 Å². The molecular formula is C13H13ClN4O2S. The first-order valence-electron chi connectivity index (χ1n) is 6.29. The summed E-state index contributed by atoms with van der Waals surface area (Å²) in [6.45, 7) is 2.83. The highest BCUT2D eigenvalue weighted by atomic mass is 35.5. The van der Waals surface area contributed by atoms with Crippen LogP contribution < -0.4 is 5.32 Å². The lowest BCUT2D eigenvalue weighted by Crippen LogP contribution is -2.04. The van der Waals surface area contributed by atoms with Crippen LogP contribution in [-0.2, 0) is 0 Å². The largest absolute Gasteiger partial charge is 0.354 e. The topological polar surface area (TPSA) is 81.0 Å². The molecule has 0 saturated heterocycles. The van der Waals surface area contributed by atoms with E-state index in [0.29, 0.717) is 16.0 Å². The molecule has 0 fully saturated rings. The third kappa shape index (κ3) is 4.30. The van der Waals surface area contributed by atoms with Gasteiger partial charge in [0.05, 0.1) is 16.1 Å². The molecular weight excluding hydrogens is 312 g/mol. The van der Waals surface area contributed by atoms with Crippen molar-refractivity contribution < 1.29 is 4.92 Å². The average molecular weight is 325 g/mol. The van der Waals surface area contributed by atoms with Crippen LogP contribution in [0.15, 0.2) is 40.4 Å². The molecule has 1 heterocycles. The molecule has 1 aromatic heterocycles. The maximum absolute atomic E-state index is 10.6. The zero-order valence-corrected chi connectivity index (χ0v) is 12.8. The number of benzene rings is 1. The van der Waals surface area contributed by atoms with Crippen molar-refractivity contribution in [1.82, 2.24) is 9.97 Å². The van der Waals surface area contributed by atoms with Gasteiger partial charge in [0.25, 0.3) is 5.69 Å². The van der Waals surface area contributed by atoms with E-state index in [9.17, 15) is 10.1 Å². The second-order valence-electron chi connectivity index (χ2n) is 4.13. The van der Waals surface area contributed by atoms with Gasteiger partial charge in [-0.25, -0.2) is 9.97 Å². The molecule has 6 nitrogen and oxygen atoms in total. The minimum absolute atomic E-state index is 0.0541. The van der Waals surface area contributed by atoms with E-state index in [-0.39, 0.29) is 5.69 Å². The Bertz CT molecular complexity index is 637. The van der Waals surface area contributed by atoms with Gasteiger partial charge in [-0.05, 0) is 18.6 Å². The minimum atomic E-state index is -0.432. The number of aromatic nitrogens is 2. The second kappa shape index (κ2) is 7.24. The van der Waals surface area contributed by atoms with Gasteiger partial charge in [-0.3, -0.25) is 10.1 Å². The first-order valence-corrected chi connectivity index (χ1v) is 7.48. The van der Waals surface area contributed by atoms with Crippen molar-refractivity contribution in [2.24, 2.45) is 0 Å². The van der Waals surface area contributed by atoms with Gasteiger partial charge in [0.2, 0.25) is 5.95 Å². The number of anilines is 1. The average Bonchev–Trinajstić information content (AvgIpc) is 2.48. The van der Waals surface area contributed by atoms with Gasteiger partial charge in [-0.15, -0.1) is 0 Å². The highest BCUT2D eigenvalue weighted by Gasteiger charge is 2.09. The van der Waals surface area contributed by atoms with Crippen LogP contribution in [0.2, 0.25) is 5.02 Å². The third-order valence-electron chi connectivity index (χ3n) is 2.51. The molecule has 2 aromatic rings. The van der Waals surface area contributed by atoms with Gasteiger partial charge in [-0.1, -0.05) is 30.3 Å². The zero-order valence-electron chi connectivity index (χ0n) is 11.2. The maximum Gasteiger partial charge on any atom is 0.269 e. The summed E-state index contributed by atoms with van der Waals surface area (Å²) in [6, 6.07) is 6.24. The number of halogens is 1. The van der Waals surface area contributed by atoms with Crippen LogP contribution in [0.4, 0.5) is 11.6 Å². The summed E-state index contributed by atoms with van der Waals surface area (Å²) in [5.74, 6) is 0.519. The van der Waals surface area contributed by atoms with Crippen LogP contribution in [0.25, 0.3) is 0 Å². The van der Waals surface area contributed by atoms with E-state index in [2.05, 4.69) is 22.2 Å². The number of nitro groups is 1. The van der Waals surface area contributed by atoms with Crippen LogP contribution in [0, 0.1) is 10.1 Å². The highest BCUT2D eigenvalue weighted by Crippen LogP contribution is 2.32. The number of hydrogen-bond acceptors (Lipinski definition) is 6.